The van der Waals surface area contributed by atoms with Gasteiger partial charge in [-0.05, 0) is 50.7 Å². The Morgan fingerprint density at radius 3 is 2.50 bits per heavy atom. The van der Waals surface area contributed by atoms with Crippen LogP contribution in [0.1, 0.15) is 90.8 Å². The Labute approximate surface area is 243 Å². The zero-order valence-corrected chi connectivity index (χ0v) is 26.4. The molecule has 1 aromatic rings. The Morgan fingerprint density at radius 1 is 1.23 bits per heavy atom. The number of Topliss-reactive ketones (excluding diaryl/α,β-unsaturated/α-hetero) is 1. The maximum Gasteiger partial charge on any atom is 0.309 e. The summed E-state index contributed by atoms with van der Waals surface area (Å²) in [6, 6.07) is -0.530. The fourth-order valence-electron chi connectivity index (χ4n) is 5.82. The first-order valence-corrected chi connectivity index (χ1v) is 16.8. The number of hydrogen-bond acceptors (Lipinski definition) is 9. The number of ether oxygens (including phenoxy) is 1. The van der Waals surface area contributed by atoms with Crippen molar-refractivity contribution in [3.05, 3.63) is 21.7 Å². The summed E-state index contributed by atoms with van der Waals surface area (Å²) in [6.45, 7) is 12.3. The van der Waals surface area contributed by atoms with Gasteiger partial charge in [0.2, 0.25) is 10.0 Å². The van der Waals surface area contributed by atoms with Gasteiger partial charge in [0.25, 0.3) is 0 Å². The smallest absolute Gasteiger partial charge is 0.309 e. The molecule has 2 saturated heterocycles. The van der Waals surface area contributed by atoms with Crippen LogP contribution in [0.3, 0.4) is 0 Å². The van der Waals surface area contributed by atoms with Crippen LogP contribution in [-0.2, 0) is 24.3 Å². The van der Waals surface area contributed by atoms with Gasteiger partial charge in [-0.2, -0.15) is 4.31 Å². The molecule has 0 bridgehead atoms. The van der Waals surface area contributed by atoms with Gasteiger partial charge >= 0.3 is 5.97 Å². The first-order valence-electron chi connectivity index (χ1n) is 14.3. The van der Waals surface area contributed by atoms with Gasteiger partial charge < -0.3 is 14.9 Å². The zero-order valence-electron chi connectivity index (χ0n) is 24.8. The van der Waals surface area contributed by atoms with Crippen molar-refractivity contribution in [1.29, 1.82) is 0 Å². The van der Waals surface area contributed by atoms with E-state index >= 15 is 0 Å². The average molecular weight is 599 g/mol. The lowest BCUT2D eigenvalue weighted by atomic mass is 9.73. The summed E-state index contributed by atoms with van der Waals surface area (Å²) in [5, 5.41) is 24.7. The van der Waals surface area contributed by atoms with Crippen molar-refractivity contribution in [2.24, 2.45) is 17.3 Å². The molecule has 40 heavy (non-hydrogen) atoms. The molecule has 0 saturated carbocycles. The van der Waals surface area contributed by atoms with E-state index < -0.39 is 52.1 Å². The van der Waals surface area contributed by atoms with Crippen molar-refractivity contribution < 1.29 is 33.0 Å². The summed E-state index contributed by atoms with van der Waals surface area (Å²) >= 11 is 1.51. The van der Waals surface area contributed by atoms with Crippen molar-refractivity contribution in [1.82, 2.24) is 9.29 Å². The molecule has 8 atom stereocenters. The molecule has 0 amide bonds. The Balaban J connectivity index is 1.96. The van der Waals surface area contributed by atoms with Gasteiger partial charge in [0.1, 0.15) is 11.9 Å². The van der Waals surface area contributed by atoms with E-state index in [4.69, 9.17) is 4.74 Å². The Kier molecular flexibility index (Phi) is 10.8. The number of carbonyl (C=O) groups is 2. The number of ketones is 1. The summed E-state index contributed by atoms with van der Waals surface area (Å²) in [5.74, 6) is -1.87. The van der Waals surface area contributed by atoms with E-state index in [0.29, 0.717) is 32.1 Å². The number of rotatable bonds is 5. The number of aryl methyl sites for hydroxylation is 1. The number of sulfonamides is 1. The van der Waals surface area contributed by atoms with Crippen molar-refractivity contribution >= 4 is 39.2 Å². The number of aliphatic hydroxyl groups is 2. The third kappa shape index (κ3) is 7.59. The summed E-state index contributed by atoms with van der Waals surface area (Å²) in [5.41, 5.74) is 0.189. The minimum Gasteiger partial charge on any atom is -0.458 e. The van der Waals surface area contributed by atoms with E-state index in [-0.39, 0.29) is 29.5 Å². The average Bonchev–Trinajstić information content (AvgIpc) is 3.41. The fourth-order valence-corrected chi connectivity index (χ4v) is 8.36. The van der Waals surface area contributed by atoms with Crippen LogP contribution in [0, 0.1) is 24.2 Å². The molecule has 11 heteroatoms. The molecule has 3 heterocycles. The predicted molar refractivity (Wildman–Crippen MR) is 156 cm³/mol. The van der Waals surface area contributed by atoms with Gasteiger partial charge in [-0.25, -0.2) is 13.4 Å². The molecule has 2 fully saturated rings. The summed E-state index contributed by atoms with van der Waals surface area (Å²) in [4.78, 5) is 30.9. The second kappa shape index (κ2) is 13.1. The van der Waals surface area contributed by atoms with Crippen LogP contribution >= 0.6 is 11.3 Å². The second-order valence-electron chi connectivity index (χ2n) is 12.2. The lowest BCUT2D eigenvalue weighted by Gasteiger charge is -2.34. The molecule has 3 rings (SSSR count). The molecular weight excluding hydrogens is 552 g/mol. The van der Waals surface area contributed by atoms with E-state index in [1.54, 1.807) is 25.1 Å². The zero-order chi connectivity index (χ0) is 30.0. The highest BCUT2D eigenvalue weighted by atomic mass is 32.2. The molecule has 1 aromatic heterocycles. The SMILES string of the molecule is CCCS(=O)(=O)N1[C@@H]2CCC[C@H](C)[C@H](O)[C@H](C)C(=O)C(C)(C)[C@@H](O)CC(=O)O[C@H](C(C)=Cc3csc(C)n3)C[C@@H]21. The molecule has 1 unspecified atom stereocenters. The summed E-state index contributed by atoms with van der Waals surface area (Å²) in [6.07, 6.45) is 1.22. The summed E-state index contributed by atoms with van der Waals surface area (Å²) < 4.78 is 33.7. The number of carbonyl (C=O) groups excluding carboxylic acids is 2. The number of hydrogen-bond donors (Lipinski definition) is 2. The predicted octanol–water partition coefficient (Wildman–Crippen LogP) is 4.11. The van der Waals surface area contributed by atoms with Gasteiger partial charge in [0.05, 0.1) is 40.5 Å². The third-order valence-electron chi connectivity index (χ3n) is 8.54. The third-order valence-corrected chi connectivity index (χ3v) is 11.4. The molecule has 2 aliphatic rings. The lowest BCUT2D eigenvalue weighted by molar-refractivity contribution is -0.154. The Bertz CT molecular complexity index is 1190. The minimum absolute atomic E-state index is 0.0490. The molecule has 0 radical (unpaired) electrons. The first-order chi connectivity index (χ1) is 18.6. The normalized spacial score (nSPS) is 34.7. The van der Waals surface area contributed by atoms with Crippen LogP contribution in [0.25, 0.3) is 6.08 Å². The number of aromatic nitrogens is 1. The maximum atomic E-state index is 13.3. The van der Waals surface area contributed by atoms with E-state index in [0.717, 1.165) is 16.3 Å². The lowest BCUT2D eigenvalue weighted by Crippen LogP contribution is -2.45. The fraction of sp³-hybridized carbons (Fsp3) is 0.759. The molecular formula is C29H46N2O7S2. The molecule has 0 aliphatic carbocycles. The van der Waals surface area contributed by atoms with Crippen molar-refractivity contribution in [2.75, 3.05) is 5.75 Å². The molecule has 0 aromatic carbocycles. The quantitative estimate of drug-likeness (QED) is 0.382. The number of aliphatic hydroxyl groups excluding tert-OH is 2. The molecule has 2 N–H and O–H groups in total. The number of cyclic esters (lactones) is 1. The van der Waals surface area contributed by atoms with Gasteiger partial charge in [-0.15, -0.1) is 11.3 Å². The van der Waals surface area contributed by atoms with Crippen molar-refractivity contribution in [3.8, 4) is 0 Å². The highest BCUT2D eigenvalue weighted by Gasteiger charge is 2.55. The van der Waals surface area contributed by atoms with E-state index in [1.807, 2.05) is 39.2 Å². The molecule has 9 nitrogen and oxygen atoms in total. The van der Waals surface area contributed by atoms with Crippen LogP contribution in [0.4, 0.5) is 0 Å². The summed E-state index contributed by atoms with van der Waals surface area (Å²) in [7, 11) is -3.47. The Morgan fingerprint density at radius 2 is 1.90 bits per heavy atom. The molecule has 226 valence electrons. The minimum atomic E-state index is -3.47. The van der Waals surface area contributed by atoms with E-state index in [9.17, 15) is 28.2 Å². The van der Waals surface area contributed by atoms with Crippen molar-refractivity contribution in [2.45, 2.75) is 117 Å². The highest BCUT2D eigenvalue weighted by molar-refractivity contribution is 7.89. The molecule has 2 aliphatic heterocycles. The van der Waals surface area contributed by atoms with Crippen molar-refractivity contribution in [3.63, 3.8) is 0 Å². The Hall–Kier alpha value is -1.66. The topological polar surface area (TPSA) is 134 Å². The van der Waals surface area contributed by atoms with Crippen LogP contribution in [0.2, 0.25) is 0 Å². The van der Waals surface area contributed by atoms with E-state index in [1.165, 1.54) is 11.3 Å². The largest absolute Gasteiger partial charge is 0.458 e. The standard InChI is InChI=1S/C29H46N2O7S2/c1-8-12-40(36,37)31-22-11-9-10-17(2)27(34)19(4)28(35)29(6,7)25(32)15-26(33)38-24(14-23(22)31)18(3)13-21-16-39-20(5)30-21/h13,16-17,19,22-25,27,32,34H,8-12,14-15H2,1-7H3/t17-,19-,22+,23-,24-,25-,27-,31?/m0/s1. The number of esters is 1. The number of thiazole rings is 1. The van der Waals surface area contributed by atoms with Gasteiger partial charge in [0, 0.05) is 29.8 Å². The van der Waals surface area contributed by atoms with E-state index in [2.05, 4.69) is 4.98 Å². The van der Waals surface area contributed by atoms with Crippen LogP contribution < -0.4 is 0 Å². The van der Waals surface area contributed by atoms with Gasteiger partial charge in [-0.1, -0.05) is 41.0 Å². The van der Waals surface area contributed by atoms with Crippen LogP contribution in [0.5, 0.6) is 0 Å². The van der Waals surface area contributed by atoms with Crippen LogP contribution in [0.15, 0.2) is 11.0 Å². The monoisotopic (exact) mass is 598 g/mol. The molecule has 0 spiro atoms. The highest BCUT2D eigenvalue weighted by Crippen LogP contribution is 2.42. The first kappa shape index (κ1) is 32.8. The second-order valence-corrected chi connectivity index (χ2v) is 15.2. The van der Waals surface area contributed by atoms with Gasteiger partial charge in [0.15, 0.2) is 0 Å². The number of nitrogens with zero attached hydrogens (tertiary/aromatic N) is 2. The maximum absolute atomic E-state index is 13.3. The van der Waals surface area contributed by atoms with Crippen LogP contribution in [-0.4, -0.2) is 75.8 Å². The number of fused-ring (bicyclic) bond motifs is 1. The van der Waals surface area contributed by atoms with Gasteiger partial charge in [-0.3, -0.25) is 9.59 Å².